The number of rotatable bonds is 72. The second kappa shape index (κ2) is 72.1. The van der Waals surface area contributed by atoms with E-state index in [9.17, 15) is 19.8 Å². The van der Waals surface area contributed by atoms with Gasteiger partial charge in [0.25, 0.3) is 0 Å². The summed E-state index contributed by atoms with van der Waals surface area (Å²) in [5.41, 5.74) is 0. The number of carbonyl (C=O) groups is 2. The summed E-state index contributed by atoms with van der Waals surface area (Å²) in [6, 6.07) is -0.540. The van der Waals surface area contributed by atoms with Crippen LogP contribution in [-0.2, 0) is 14.3 Å². The molecule has 0 bridgehead atoms. The summed E-state index contributed by atoms with van der Waals surface area (Å²) in [6.07, 6.45) is 89.9. The molecule has 0 aliphatic rings. The summed E-state index contributed by atoms with van der Waals surface area (Å²) in [7, 11) is 0. The van der Waals surface area contributed by atoms with E-state index in [4.69, 9.17) is 4.74 Å². The van der Waals surface area contributed by atoms with Gasteiger partial charge in [0.2, 0.25) is 5.91 Å². The Hall–Kier alpha value is -1.40. The molecule has 0 radical (unpaired) electrons. The molecular formula is C76H149NO5. The lowest BCUT2D eigenvalue weighted by Crippen LogP contribution is -2.45. The summed E-state index contributed by atoms with van der Waals surface area (Å²) in [6.45, 7) is 5.00. The van der Waals surface area contributed by atoms with Crippen LogP contribution in [0.15, 0.2) is 12.2 Å². The maximum atomic E-state index is 12.6. The molecule has 6 heteroatoms. The van der Waals surface area contributed by atoms with Gasteiger partial charge in [-0.15, -0.1) is 0 Å². The molecule has 0 heterocycles. The summed E-state index contributed by atoms with van der Waals surface area (Å²) >= 11 is 0. The van der Waals surface area contributed by atoms with Gasteiger partial charge in [-0.05, 0) is 51.4 Å². The van der Waals surface area contributed by atoms with Gasteiger partial charge in [0, 0.05) is 12.8 Å². The van der Waals surface area contributed by atoms with Crippen molar-refractivity contribution in [1.82, 2.24) is 5.32 Å². The van der Waals surface area contributed by atoms with Crippen LogP contribution >= 0.6 is 0 Å². The van der Waals surface area contributed by atoms with Crippen LogP contribution in [0.4, 0.5) is 0 Å². The Labute approximate surface area is 514 Å². The number of unbranched alkanes of at least 4 members (excludes halogenated alkanes) is 59. The van der Waals surface area contributed by atoms with E-state index in [0.717, 1.165) is 44.9 Å². The molecule has 2 unspecified atom stereocenters. The fourth-order valence-electron chi connectivity index (χ4n) is 12.3. The lowest BCUT2D eigenvalue weighted by molar-refractivity contribution is -0.143. The van der Waals surface area contributed by atoms with Crippen molar-refractivity contribution in [2.24, 2.45) is 0 Å². The second-order valence-corrected chi connectivity index (χ2v) is 26.3. The first-order valence-electron chi connectivity index (χ1n) is 37.9. The van der Waals surface area contributed by atoms with Crippen LogP contribution in [0.2, 0.25) is 0 Å². The van der Waals surface area contributed by atoms with Crippen molar-refractivity contribution >= 4 is 11.9 Å². The first-order chi connectivity index (χ1) is 40.5. The third-order valence-corrected chi connectivity index (χ3v) is 18.1. The lowest BCUT2D eigenvalue weighted by Gasteiger charge is -2.22. The molecule has 3 N–H and O–H groups in total. The summed E-state index contributed by atoms with van der Waals surface area (Å²) in [4.78, 5) is 24.7. The SMILES string of the molecule is CCCCCCCC/C=C\CCCCCCCCCC(=O)OCCCCCCCCCCCCCCCCCCCCCCCCCCCCC(=O)NC(CO)C(O)CCCCCCCCCCCCCCCCCCCCCCCC. The van der Waals surface area contributed by atoms with Crippen molar-refractivity contribution in [1.29, 1.82) is 0 Å². The molecule has 0 saturated heterocycles. The van der Waals surface area contributed by atoms with E-state index >= 15 is 0 Å². The van der Waals surface area contributed by atoms with Gasteiger partial charge in [-0.2, -0.15) is 0 Å². The fraction of sp³-hybridized carbons (Fsp3) is 0.947. The average Bonchev–Trinajstić information content (AvgIpc) is 3.48. The molecule has 0 aliphatic heterocycles. The van der Waals surface area contributed by atoms with Crippen molar-refractivity contribution in [3.8, 4) is 0 Å². The van der Waals surface area contributed by atoms with Crippen LogP contribution in [0.25, 0.3) is 0 Å². The molecule has 0 saturated carbocycles. The van der Waals surface area contributed by atoms with E-state index in [1.165, 1.54) is 360 Å². The van der Waals surface area contributed by atoms with Gasteiger partial charge >= 0.3 is 5.97 Å². The predicted octanol–water partition coefficient (Wildman–Crippen LogP) is 24.7. The highest BCUT2D eigenvalue weighted by Crippen LogP contribution is 2.20. The van der Waals surface area contributed by atoms with Crippen LogP contribution in [0.3, 0.4) is 0 Å². The van der Waals surface area contributed by atoms with Gasteiger partial charge in [0.1, 0.15) is 0 Å². The Morgan fingerprint density at radius 2 is 0.573 bits per heavy atom. The molecule has 82 heavy (non-hydrogen) atoms. The van der Waals surface area contributed by atoms with Crippen LogP contribution in [0.5, 0.6) is 0 Å². The number of carbonyl (C=O) groups excluding carboxylic acids is 2. The molecular weight excluding hydrogens is 1010 g/mol. The number of aliphatic hydroxyl groups is 2. The monoisotopic (exact) mass is 1160 g/mol. The zero-order valence-corrected chi connectivity index (χ0v) is 56.0. The van der Waals surface area contributed by atoms with Gasteiger partial charge in [-0.3, -0.25) is 9.59 Å². The minimum absolute atomic E-state index is 0.0153. The number of ether oxygens (including phenoxy) is 1. The van der Waals surface area contributed by atoms with Gasteiger partial charge in [0.05, 0.1) is 25.4 Å². The molecule has 488 valence electrons. The maximum Gasteiger partial charge on any atom is 0.305 e. The minimum atomic E-state index is -0.663. The Morgan fingerprint density at radius 3 is 0.866 bits per heavy atom. The number of esters is 1. The van der Waals surface area contributed by atoms with E-state index in [1.807, 2.05) is 0 Å². The molecule has 1 amide bonds. The third-order valence-electron chi connectivity index (χ3n) is 18.1. The summed E-state index contributed by atoms with van der Waals surface area (Å²) < 4.78 is 5.51. The van der Waals surface area contributed by atoms with Crippen LogP contribution in [0, 0.1) is 0 Å². The maximum absolute atomic E-state index is 12.6. The molecule has 0 spiro atoms. The Bertz CT molecular complexity index is 1240. The predicted molar refractivity (Wildman–Crippen MR) is 361 cm³/mol. The van der Waals surface area contributed by atoms with Gasteiger partial charge in [-0.25, -0.2) is 0 Å². The fourth-order valence-corrected chi connectivity index (χ4v) is 12.3. The number of nitrogens with one attached hydrogen (secondary N) is 1. The Balaban J connectivity index is 3.35. The minimum Gasteiger partial charge on any atom is -0.466 e. The molecule has 0 aromatic heterocycles. The van der Waals surface area contributed by atoms with Crippen molar-refractivity contribution in [2.45, 2.75) is 450 Å². The van der Waals surface area contributed by atoms with E-state index in [0.29, 0.717) is 25.9 Å². The van der Waals surface area contributed by atoms with E-state index in [1.54, 1.807) is 0 Å². The standard InChI is InChI=1S/C76H149NO5/c1-3-5-7-9-11-13-15-17-19-21-22-23-30-33-37-40-44-48-52-56-60-64-68-74(79)73(72-78)77-75(80)69-65-61-57-53-49-45-41-38-34-31-28-26-24-25-27-29-32-35-39-43-47-51-55-59-63-67-71-82-76(81)70-66-62-58-54-50-46-42-36-20-18-16-14-12-10-8-6-4-2/h18,20,73-74,78-79H,3-17,19,21-72H2,1-2H3,(H,77,80)/b20-18-. The van der Waals surface area contributed by atoms with Crippen molar-refractivity contribution in [3.63, 3.8) is 0 Å². The van der Waals surface area contributed by atoms with Crippen LogP contribution in [-0.4, -0.2) is 47.4 Å². The highest BCUT2D eigenvalue weighted by molar-refractivity contribution is 5.76. The summed E-state index contributed by atoms with van der Waals surface area (Å²) in [5, 5.41) is 23.5. The molecule has 0 fully saturated rings. The average molecular weight is 1160 g/mol. The van der Waals surface area contributed by atoms with Crippen LogP contribution in [0.1, 0.15) is 438 Å². The highest BCUT2D eigenvalue weighted by Gasteiger charge is 2.20. The lowest BCUT2D eigenvalue weighted by atomic mass is 10.0. The van der Waals surface area contributed by atoms with Crippen molar-refractivity contribution in [3.05, 3.63) is 12.2 Å². The zero-order valence-electron chi connectivity index (χ0n) is 56.0. The number of hydrogen-bond donors (Lipinski definition) is 3. The normalized spacial score (nSPS) is 12.5. The van der Waals surface area contributed by atoms with E-state index in [2.05, 4.69) is 31.3 Å². The van der Waals surface area contributed by atoms with Gasteiger partial charge in [-0.1, -0.05) is 386 Å². The zero-order chi connectivity index (χ0) is 59.2. The van der Waals surface area contributed by atoms with Crippen LogP contribution < -0.4 is 5.32 Å². The van der Waals surface area contributed by atoms with E-state index in [-0.39, 0.29) is 18.5 Å². The molecule has 2 atom stereocenters. The molecule has 0 aromatic carbocycles. The number of hydrogen-bond acceptors (Lipinski definition) is 5. The Kier molecular flexibility index (Phi) is 70.8. The highest BCUT2D eigenvalue weighted by atomic mass is 16.5. The van der Waals surface area contributed by atoms with Crippen molar-refractivity contribution < 1.29 is 24.5 Å². The molecule has 0 rings (SSSR count). The van der Waals surface area contributed by atoms with Crippen molar-refractivity contribution in [2.75, 3.05) is 13.2 Å². The first kappa shape index (κ1) is 80.6. The van der Waals surface area contributed by atoms with Gasteiger partial charge < -0.3 is 20.3 Å². The molecule has 6 nitrogen and oxygen atoms in total. The number of aliphatic hydroxyl groups excluding tert-OH is 2. The largest absolute Gasteiger partial charge is 0.466 e. The molecule has 0 aromatic rings. The number of allylic oxidation sites excluding steroid dienone is 2. The third kappa shape index (κ3) is 67.7. The van der Waals surface area contributed by atoms with E-state index < -0.39 is 12.1 Å². The Morgan fingerprint density at radius 1 is 0.329 bits per heavy atom. The smallest absolute Gasteiger partial charge is 0.305 e. The topological polar surface area (TPSA) is 95.9 Å². The number of amides is 1. The molecule has 0 aliphatic carbocycles. The second-order valence-electron chi connectivity index (χ2n) is 26.3. The summed E-state index contributed by atoms with van der Waals surface area (Å²) in [5.74, 6) is -0.0118. The first-order valence-corrected chi connectivity index (χ1v) is 37.9. The van der Waals surface area contributed by atoms with Gasteiger partial charge in [0.15, 0.2) is 0 Å². The quantitative estimate of drug-likeness (QED) is 0.0320.